The third-order valence-corrected chi connectivity index (χ3v) is 8.53. The molecule has 0 radical (unpaired) electrons. The van der Waals surface area contributed by atoms with Gasteiger partial charge >= 0.3 is 17.7 Å². The zero-order valence-electron chi connectivity index (χ0n) is 22.8. The van der Waals surface area contributed by atoms with Crippen LogP contribution in [0.2, 0.25) is 0 Å². The first-order valence-corrected chi connectivity index (χ1v) is 13.7. The maximum absolute atomic E-state index is 14.3. The van der Waals surface area contributed by atoms with Crippen LogP contribution >= 0.6 is 0 Å². The van der Waals surface area contributed by atoms with E-state index in [-0.39, 0.29) is 48.1 Å². The van der Waals surface area contributed by atoms with Crippen LogP contribution < -0.4 is 26.2 Å². The number of rotatable bonds is 6. The van der Waals surface area contributed by atoms with E-state index in [1.807, 2.05) is 17.0 Å². The van der Waals surface area contributed by atoms with Crippen LogP contribution in [0, 0.1) is 5.82 Å². The summed E-state index contributed by atoms with van der Waals surface area (Å²) in [4.78, 5) is 24.6. The van der Waals surface area contributed by atoms with Crippen LogP contribution in [0.4, 0.5) is 10.2 Å². The van der Waals surface area contributed by atoms with E-state index in [1.54, 1.807) is 24.5 Å². The van der Waals surface area contributed by atoms with Gasteiger partial charge in [-0.3, -0.25) is 15.5 Å². The zero-order valence-corrected chi connectivity index (χ0v) is 22.8. The Kier molecular flexibility index (Phi) is 6.07. The number of methoxy groups -OCH3 is 1. The van der Waals surface area contributed by atoms with E-state index >= 15 is 0 Å². The Hall–Kier alpha value is -5.00. The molecule has 2 saturated heterocycles. The van der Waals surface area contributed by atoms with Gasteiger partial charge in [0.2, 0.25) is 0 Å². The van der Waals surface area contributed by atoms with E-state index in [0.29, 0.717) is 41.1 Å². The van der Waals surface area contributed by atoms with Crippen molar-refractivity contribution in [2.45, 2.75) is 50.3 Å². The minimum absolute atomic E-state index is 0.00198. The second-order valence-electron chi connectivity index (χ2n) is 10.8. The van der Waals surface area contributed by atoms with Gasteiger partial charge in [0.1, 0.15) is 5.82 Å². The largest absolute Gasteiger partial charge is 0.494 e. The molecule has 13 heteroatoms. The molecule has 3 aliphatic rings. The van der Waals surface area contributed by atoms with Crippen molar-refractivity contribution in [3.63, 3.8) is 0 Å². The quantitative estimate of drug-likeness (QED) is 0.250. The molecular weight excluding hydrogens is 541 g/mol. The number of halogens is 1. The van der Waals surface area contributed by atoms with Crippen LogP contribution in [0.5, 0.6) is 5.75 Å². The van der Waals surface area contributed by atoms with E-state index in [9.17, 15) is 14.3 Å². The highest BCUT2D eigenvalue weighted by Gasteiger charge is 2.47. The first-order valence-electron chi connectivity index (χ1n) is 13.7. The lowest BCUT2D eigenvalue weighted by molar-refractivity contribution is -0.128. The number of amides is 1. The van der Waals surface area contributed by atoms with Gasteiger partial charge in [-0.05, 0) is 49.9 Å². The lowest BCUT2D eigenvalue weighted by atomic mass is 9.86. The number of nitrogens with two attached hydrogens (primary N) is 2. The number of aromatic nitrogens is 4. The van der Waals surface area contributed by atoms with Gasteiger partial charge in [-0.1, -0.05) is 6.07 Å². The Bertz CT molecular complexity index is 1800. The van der Waals surface area contributed by atoms with Gasteiger partial charge in [-0.15, -0.1) is 0 Å². The summed E-state index contributed by atoms with van der Waals surface area (Å²) in [5.41, 5.74) is 16.7. The molecular formula is C29H29FN9O3+. The summed E-state index contributed by atoms with van der Waals surface area (Å²) < 4.78 is 24.8. The number of hydrogen-bond acceptors (Lipinski definition) is 9. The summed E-state index contributed by atoms with van der Waals surface area (Å²) in [7, 11) is 1.42. The van der Waals surface area contributed by atoms with Crippen molar-refractivity contribution in [3.05, 3.63) is 59.8 Å². The average molecular weight is 571 g/mol. The lowest BCUT2D eigenvalue weighted by Crippen LogP contribution is -2.59. The molecule has 1 amide bonds. The monoisotopic (exact) mass is 570 g/mol. The molecule has 12 nitrogen and oxygen atoms in total. The number of nitrogen functional groups attached to an aromatic ring is 1. The number of ether oxygens (including phenoxy) is 1. The predicted octanol–water partition coefficient (Wildman–Crippen LogP) is 1.30. The van der Waals surface area contributed by atoms with Gasteiger partial charge in [-0.25, -0.2) is 19.4 Å². The molecule has 0 spiro atoms. The van der Waals surface area contributed by atoms with Crippen molar-refractivity contribution in [1.82, 2.24) is 34.5 Å². The number of amidine groups is 1. The third-order valence-electron chi connectivity index (χ3n) is 8.53. The van der Waals surface area contributed by atoms with Crippen LogP contribution in [-0.4, -0.2) is 66.5 Å². The fourth-order valence-corrected chi connectivity index (χ4v) is 6.52. The number of benzene rings is 1. The summed E-state index contributed by atoms with van der Waals surface area (Å²) >= 11 is 0. The molecule has 2 fully saturated rings. The van der Waals surface area contributed by atoms with Crippen LogP contribution in [0.25, 0.3) is 28.0 Å². The first kappa shape index (κ1) is 25.9. The zero-order chi connectivity index (χ0) is 29.1. The molecule has 214 valence electrons. The van der Waals surface area contributed by atoms with Crippen LogP contribution in [0.1, 0.15) is 42.9 Å². The van der Waals surface area contributed by atoms with Crippen LogP contribution in [-0.2, 0) is 11.4 Å². The van der Waals surface area contributed by atoms with Gasteiger partial charge in [0.25, 0.3) is 0 Å². The molecule has 42 heavy (non-hydrogen) atoms. The number of aliphatic hydroxyl groups is 1. The van der Waals surface area contributed by atoms with E-state index in [0.717, 1.165) is 29.7 Å². The van der Waals surface area contributed by atoms with Gasteiger partial charge in [-0.2, -0.15) is 9.61 Å². The molecule has 3 aliphatic heterocycles. The van der Waals surface area contributed by atoms with Crippen molar-refractivity contribution in [2.75, 3.05) is 12.8 Å². The van der Waals surface area contributed by atoms with E-state index in [4.69, 9.17) is 21.2 Å². The number of carbonyl (C=O) groups excluding carboxylic acids is 1. The number of fused-ring (bicyclic) bond motifs is 3. The van der Waals surface area contributed by atoms with Gasteiger partial charge in [0.15, 0.2) is 17.2 Å². The molecule has 1 aromatic carbocycles. The fraction of sp³-hybridized carbons (Fsp3) is 0.310. The lowest BCUT2D eigenvalue weighted by Gasteiger charge is -2.38. The minimum atomic E-state index is -0.462. The molecule has 2 bridgehead atoms. The number of piperidine rings is 1. The second kappa shape index (κ2) is 9.82. The molecule has 0 aliphatic carbocycles. The molecule has 7 rings (SSSR count). The number of guanidine groups is 1. The number of nitrogens with one attached hydrogen (secondary N) is 1. The Morgan fingerprint density at radius 3 is 2.52 bits per heavy atom. The Labute approximate surface area is 239 Å². The van der Waals surface area contributed by atoms with E-state index < -0.39 is 5.82 Å². The van der Waals surface area contributed by atoms with Crippen molar-refractivity contribution in [3.8, 4) is 28.1 Å². The van der Waals surface area contributed by atoms with Gasteiger partial charge in [0, 0.05) is 46.5 Å². The average Bonchev–Trinajstić information content (AvgIpc) is 3.53. The number of carbonyl (C=O) groups is 1. The predicted molar refractivity (Wildman–Crippen MR) is 154 cm³/mol. The fourth-order valence-electron chi connectivity index (χ4n) is 6.52. The number of nitrogens with zero attached hydrogens (tertiary/aromatic N) is 6. The third kappa shape index (κ3) is 4.05. The van der Waals surface area contributed by atoms with Crippen molar-refractivity contribution < 1.29 is 19.0 Å². The van der Waals surface area contributed by atoms with Crippen molar-refractivity contribution >= 4 is 29.2 Å². The van der Waals surface area contributed by atoms with Crippen LogP contribution in [0.3, 0.4) is 0 Å². The van der Waals surface area contributed by atoms with E-state index in [1.165, 1.54) is 17.7 Å². The molecule has 4 aromatic rings. The molecule has 6 N–H and O–H groups in total. The molecule has 2 unspecified atom stereocenters. The minimum Gasteiger partial charge on any atom is -0.494 e. The topological polar surface area (TPSA) is 171 Å². The molecule has 0 saturated carbocycles. The number of hydrogen-bond donors (Lipinski definition) is 4. The normalized spacial score (nSPS) is 21.0. The first-order chi connectivity index (χ1) is 20.4. The second-order valence-corrected chi connectivity index (χ2v) is 10.8. The highest BCUT2D eigenvalue weighted by atomic mass is 19.1. The number of pyridine rings is 1. The van der Waals surface area contributed by atoms with E-state index in [2.05, 4.69) is 20.1 Å². The Morgan fingerprint density at radius 1 is 1.17 bits per heavy atom. The highest BCUT2D eigenvalue weighted by molar-refractivity contribution is 6.43. The van der Waals surface area contributed by atoms with Crippen molar-refractivity contribution in [1.29, 1.82) is 0 Å². The van der Waals surface area contributed by atoms with Crippen LogP contribution in [0.15, 0.2) is 42.7 Å². The molecule has 2 atom stereocenters. The summed E-state index contributed by atoms with van der Waals surface area (Å²) in [5, 5.41) is 17.6. The van der Waals surface area contributed by atoms with Gasteiger partial charge < -0.3 is 20.5 Å². The summed E-state index contributed by atoms with van der Waals surface area (Å²) in [5.74, 6) is 0.430. The summed E-state index contributed by atoms with van der Waals surface area (Å²) in [6, 6.07) is 8.45. The summed E-state index contributed by atoms with van der Waals surface area (Å²) in [6.45, 7) is -0.279. The number of aliphatic hydroxyl groups excluding tert-OH is 1. The maximum atomic E-state index is 14.3. The Morgan fingerprint density at radius 2 is 1.90 bits per heavy atom. The smallest absolute Gasteiger partial charge is 0.400 e. The number of anilines is 1. The summed E-state index contributed by atoms with van der Waals surface area (Å²) in [6.07, 6.45) is 6.54. The molecule has 3 aromatic heterocycles. The molecule has 6 heterocycles. The maximum Gasteiger partial charge on any atom is 0.400 e. The standard InChI is InChI=1S/C29H28FN9O3/c1-42-23-7-3-14(10-21(23)30)22-6-2-15(11-33-22)19-12-34-39-25(31)20(13-40)24(35-27(19)39)16-8-17-4-5-18(9-16)38(17)28(41)26-36-29(32)37-26/h2-3,6-7,10-12,16-18,40H,4-5,8-9,13H2,1H3,(H4,31,32,34,35,36,37)/p+1. The Balaban J connectivity index is 1.21. The van der Waals surface area contributed by atoms with Crippen molar-refractivity contribution in [2.24, 2.45) is 5.73 Å². The highest BCUT2D eigenvalue weighted by Crippen LogP contribution is 2.44. The SMILES string of the molecule is COc1ccc(-c2ccc(-c3cnn4c(N)c(CO)c(C5CC6CCC(C5)N6C(=O)C5=[N+]=C(N)N5)nc34)cn2)cc1F. The van der Waals surface area contributed by atoms with Gasteiger partial charge in [0.05, 0.1) is 31.3 Å².